The molecule has 0 saturated carbocycles. The fourth-order valence-electron chi connectivity index (χ4n) is 2.81. The Bertz CT molecular complexity index is 1240. The Morgan fingerprint density at radius 3 is 2.86 bits per heavy atom. The first-order valence-electron chi connectivity index (χ1n) is 8.52. The molecule has 0 unspecified atom stereocenters. The van der Waals surface area contributed by atoms with Crippen LogP contribution in [-0.2, 0) is 9.53 Å². The van der Waals surface area contributed by atoms with Gasteiger partial charge in [-0.05, 0) is 30.3 Å². The first-order valence-corrected chi connectivity index (χ1v) is 10.2. The van der Waals surface area contributed by atoms with Crippen LogP contribution in [0.1, 0.15) is 16.1 Å². The van der Waals surface area contributed by atoms with Crippen molar-refractivity contribution in [1.29, 1.82) is 5.26 Å². The van der Waals surface area contributed by atoms with Crippen LogP contribution in [0.5, 0.6) is 0 Å². The molecule has 4 aromatic rings. The number of hydrogen-bond acceptors (Lipinski definition) is 7. The molecule has 0 aliphatic rings. The number of nitrogens with zero attached hydrogens (tertiary/aromatic N) is 4. The molecule has 7 nitrogen and oxygen atoms in total. The largest absolute Gasteiger partial charge is 0.451 e. The fraction of sp³-hybridized carbons (Fsp3) is 0.158. The molecule has 146 valence electrons. The molecule has 0 N–H and O–H groups in total. The van der Waals surface area contributed by atoms with Crippen LogP contribution in [0.2, 0.25) is 0 Å². The molecule has 3 aromatic heterocycles. The number of thiophene rings is 1. The van der Waals surface area contributed by atoms with E-state index >= 15 is 0 Å². The number of amides is 1. The van der Waals surface area contributed by atoms with E-state index < -0.39 is 24.3 Å². The molecule has 29 heavy (non-hydrogen) atoms. The molecule has 0 radical (unpaired) electrons. The molecule has 1 amide bonds. The summed E-state index contributed by atoms with van der Waals surface area (Å²) in [6.45, 7) is -0.375. The van der Waals surface area contributed by atoms with Crippen molar-refractivity contribution in [2.24, 2.45) is 0 Å². The van der Waals surface area contributed by atoms with Crippen LogP contribution in [0.25, 0.3) is 15.3 Å². The number of ether oxygens (including phenoxy) is 1. The number of anilines is 1. The third kappa shape index (κ3) is 3.83. The molecule has 3 heterocycles. The summed E-state index contributed by atoms with van der Waals surface area (Å²) in [5.41, 5.74) is 1.24. The molecule has 10 heteroatoms. The van der Waals surface area contributed by atoms with E-state index in [1.54, 1.807) is 6.07 Å². The van der Waals surface area contributed by atoms with Crippen molar-refractivity contribution < 1.29 is 18.7 Å². The van der Waals surface area contributed by atoms with Crippen molar-refractivity contribution in [3.05, 3.63) is 52.6 Å². The highest BCUT2D eigenvalue weighted by molar-refractivity contribution is 7.21. The topological polar surface area (TPSA) is 87.7 Å². The van der Waals surface area contributed by atoms with Gasteiger partial charge in [0.05, 0.1) is 18.0 Å². The lowest BCUT2D eigenvalue weighted by molar-refractivity contribution is -0.121. The summed E-state index contributed by atoms with van der Waals surface area (Å²) in [4.78, 5) is 32.6. The third-order valence-corrected chi connectivity index (χ3v) is 5.91. The number of nitriles is 1. The fourth-order valence-corrected chi connectivity index (χ4v) is 4.50. The first-order chi connectivity index (χ1) is 14.1. The molecule has 0 fully saturated rings. The predicted octanol–water partition coefficient (Wildman–Crippen LogP) is 3.85. The molecular formula is C19H13FN4O3S2. The number of thiazole rings is 1. The van der Waals surface area contributed by atoms with Crippen LogP contribution < -0.4 is 4.90 Å². The van der Waals surface area contributed by atoms with E-state index in [9.17, 15) is 14.0 Å². The van der Waals surface area contributed by atoms with Gasteiger partial charge in [0.2, 0.25) is 0 Å². The Morgan fingerprint density at radius 1 is 1.31 bits per heavy atom. The molecular weight excluding hydrogens is 415 g/mol. The average molecular weight is 428 g/mol. The SMILES string of the molecule is N#CCCN(C(=O)COC(=O)c1cc2c(nc3sccn32)s1)c1ccc(F)cc1. The van der Waals surface area contributed by atoms with Crippen molar-refractivity contribution in [2.75, 3.05) is 18.1 Å². The molecule has 4 rings (SSSR count). The second kappa shape index (κ2) is 7.98. The molecule has 1 aromatic carbocycles. The summed E-state index contributed by atoms with van der Waals surface area (Å²) in [5.74, 6) is -1.55. The minimum absolute atomic E-state index is 0.0937. The van der Waals surface area contributed by atoms with Crippen LogP contribution in [0.4, 0.5) is 10.1 Å². The highest BCUT2D eigenvalue weighted by Gasteiger charge is 2.20. The number of fused-ring (bicyclic) bond motifs is 3. The van der Waals surface area contributed by atoms with Gasteiger partial charge in [-0.2, -0.15) is 5.26 Å². The van der Waals surface area contributed by atoms with E-state index in [4.69, 9.17) is 10.00 Å². The molecule has 0 bridgehead atoms. The van der Waals surface area contributed by atoms with Gasteiger partial charge >= 0.3 is 5.97 Å². The number of carbonyl (C=O) groups excluding carboxylic acids is 2. The number of carbonyl (C=O) groups is 2. The maximum atomic E-state index is 13.2. The normalized spacial score (nSPS) is 10.9. The van der Waals surface area contributed by atoms with Gasteiger partial charge in [-0.15, -0.1) is 22.7 Å². The number of hydrogen-bond donors (Lipinski definition) is 0. The Hall–Kier alpha value is -3.29. The van der Waals surface area contributed by atoms with Gasteiger partial charge in [-0.1, -0.05) is 0 Å². The van der Waals surface area contributed by atoms with Gasteiger partial charge in [0, 0.05) is 23.8 Å². The van der Waals surface area contributed by atoms with E-state index in [1.807, 2.05) is 22.0 Å². The van der Waals surface area contributed by atoms with Crippen LogP contribution >= 0.6 is 22.7 Å². The smallest absolute Gasteiger partial charge is 0.348 e. The average Bonchev–Trinajstić information content (AvgIpc) is 3.40. The summed E-state index contributed by atoms with van der Waals surface area (Å²) in [5, 5.41) is 10.7. The Morgan fingerprint density at radius 2 is 2.10 bits per heavy atom. The highest BCUT2D eigenvalue weighted by Crippen LogP contribution is 2.28. The number of benzene rings is 1. The second-order valence-corrected chi connectivity index (χ2v) is 7.88. The minimum Gasteiger partial charge on any atom is -0.451 e. The lowest BCUT2D eigenvalue weighted by Gasteiger charge is -2.21. The summed E-state index contributed by atoms with van der Waals surface area (Å²) in [7, 11) is 0. The van der Waals surface area contributed by atoms with Crippen molar-refractivity contribution in [3.63, 3.8) is 0 Å². The number of rotatable bonds is 6. The van der Waals surface area contributed by atoms with Crippen LogP contribution in [0.3, 0.4) is 0 Å². The quantitative estimate of drug-likeness (QED) is 0.435. The Kier molecular flexibility index (Phi) is 5.24. The van der Waals surface area contributed by atoms with Crippen molar-refractivity contribution in [1.82, 2.24) is 9.38 Å². The van der Waals surface area contributed by atoms with E-state index in [1.165, 1.54) is 51.8 Å². The zero-order chi connectivity index (χ0) is 20.4. The van der Waals surface area contributed by atoms with Gasteiger partial charge in [-0.3, -0.25) is 9.20 Å². The summed E-state index contributed by atoms with van der Waals surface area (Å²) in [6.07, 6.45) is 1.97. The Balaban J connectivity index is 1.46. The van der Waals surface area contributed by atoms with Crippen LogP contribution in [0, 0.1) is 17.1 Å². The molecule has 0 spiro atoms. The van der Waals surface area contributed by atoms with Crippen LogP contribution in [0.15, 0.2) is 41.9 Å². The third-order valence-electron chi connectivity index (χ3n) is 4.15. The van der Waals surface area contributed by atoms with E-state index in [-0.39, 0.29) is 13.0 Å². The van der Waals surface area contributed by atoms with E-state index in [2.05, 4.69) is 4.98 Å². The standard InChI is InChI=1S/C19H13FN4O3S2/c20-12-2-4-13(5-3-12)23(7-1-6-21)16(25)11-27-18(26)15-10-14-17(29-15)22-19-24(14)8-9-28-19/h2-5,8-10H,1,7,11H2. The zero-order valence-electron chi connectivity index (χ0n) is 14.9. The number of aromatic nitrogens is 2. The summed E-state index contributed by atoms with van der Waals surface area (Å²) >= 11 is 2.70. The first kappa shape index (κ1) is 19.0. The van der Waals surface area contributed by atoms with E-state index in [0.29, 0.717) is 10.6 Å². The number of imidazole rings is 1. The highest BCUT2D eigenvalue weighted by atomic mass is 32.1. The molecule has 0 aliphatic heterocycles. The second-order valence-electron chi connectivity index (χ2n) is 5.97. The van der Waals surface area contributed by atoms with Crippen LogP contribution in [-0.4, -0.2) is 34.4 Å². The van der Waals surface area contributed by atoms with Crippen molar-refractivity contribution >= 4 is 55.5 Å². The van der Waals surface area contributed by atoms with Crippen molar-refractivity contribution in [2.45, 2.75) is 6.42 Å². The molecule has 0 saturated heterocycles. The molecule has 0 atom stereocenters. The van der Waals surface area contributed by atoms with Gasteiger partial charge in [0.15, 0.2) is 11.6 Å². The number of esters is 1. The van der Waals surface area contributed by atoms with Gasteiger partial charge in [-0.25, -0.2) is 14.2 Å². The van der Waals surface area contributed by atoms with Gasteiger partial charge in [0.1, 0.15) is 15.5 Å². The zero-order valence-corrected chi connectivity index (χ0v) is 16.5. The summed E-state index contributed by atoms with van der Waals surface area (Å²) in [6, 6.07) is 8.98. The van der Waals surface area contributed by atoms with Gasteiger partial charge < -0.3 is 9.64 Å². The maximum absolute atomic E-state index is 13.2. The van der Waals surface area contributed by atoms with Crippen molar-refractivity contribution in [3.8, 4) is 6.07 Å². The summed E-state index contributed by atoms with van der Waals surface area (Å²) < 4.78 is 20.2. The van der Waals surface area contributed by atoms with E-state index in [0.717, 1.165) is 15.3 Å². The minimum atomic E-state index is -0.621. The predicted molar refractivity (Wildman–Crippen MR) is 108 cm³/mol. The lowest BCUT2D eigenvalue weighted by Crippen LogP contribution is -2.35. The maximum Gasteiger partial charge on any atom is 0.348 e. The monoisotopic (exact) mass is 428 g/mol. The number of halogens is 1. The lowest BCUT2D eigenvalue weighted by atomic mass is 10.2. The van der Waals surface area contributed by atoms with Gasteiger partial charge in [0.25, 0.3) is 5.91 Å². The Labute approximate surface area is 172 Å². The molecule has 0 aliphatic carbocycles.